The molecule has 0 saturated carbocycles. The van der Waals surface area contributed by atoms with Gasteiger partial charge in [-0.05, 0) is 38.9 Å². The van der Waals surface area contributed by atoms with E-state index in [4.69, 9.17) is 5.84 Å². The van der Waals surface area contributed by atoms with E-state index in [2.05, 4.69) is 15.6 Å². The minimum atomic E-state index is -0.0780. The number of likely N-dealkylation sites (tertiary alicyclic amines) is 1. The van der Waals surface area contributed by atoms with Crippen molar-refractivity contribution in [1.29, 1.82) is 0 Å². The highest BCUT2D eigenvalue weighted by atomic mass is 16.2. The zero-order valence-corrected chi connectivity index (χ0v) is 9.46. The van der Waals surface area contributed by atoms with Gasteiger partial charge in [0.05, 0.1) is 0 Å². The van der Waals surface area contributed by atoms with Crippen LogP contribution in [0.25, 0.3) is 0 Å². The van der Waals surface area contributed by atoms with Gasteiger partial charge in [0.1, 0.15) is 0 Å². The second-order valence-electron chi connectivity index (χ2n) is 4.18. The van der Waals surface area contributed by atoms with Crippen molar-refractivity contribution in [3.63, 3.8) is 0 Å². The first-order valence-corrected chi connectivity index (χ1v) is 5.62. The van der Waals surface area contributed by atoms with Gasteiger partial charge >= 0.3 is 0 Å². The molecule has 0 spiro atoms. The number of hydrazine groups is 1. The van der Waals surface area contributed by atoms with E-state index in [0.717, 1.165) is 32.1 Å². The predicted octanol–water partition coefficient (Wildman–Crippen LogP) is -0.702. The van der Waals surface area contributed by atoms with E-state index < -0.39 is 0 Å². The molecular weight excluding hydrogens is 192 g/mol. The number of hydrogen-bond acceptors (Lipinski definition) is 4. The van der Waals surface area contributed by atoms with Crippen LogP contribution < -0.4 is 16.6 Å². The maximum Gasteiger partial charge on any atom is 0.235 e. The number of nitrogens with zero attached hydrogens (tertiary/aromatic N) is 1. The molecule has 5 heteroatoms. The van der Waals surface area contributed by atoms with Crippen LogP contribution in [-0.4, -0.2) is 44.0 Å². The second-order valence-corrected chi connectivity index (χ2v) is 4.18. The first kappa shape index (κ1) is 12.4. The first-order valence-electron chi connectivity index (χ1n) is 5.62. The fraction of sp³-hybridized carbons (Fsp3) is 0.900. The van der Waals surface area contributed by atoms with Crippen molar-refractivity contribution in [2.75, 3.05) is 33.2 Å². The van der Waals surface area contributed by atoms with Crippen LogP contribution in [0.15, 0.2) is 0 Å². The van der Waals surface area contributed by atoms with Gasteiger partial charge < -0.3 is 10.2 Å². The van der Waals surface area contributed by atoms with E-state index >= 15 is 0 Å². The van der Waals surface area contributed by atoms with Crippen LogP contribution in [0, 0.1) is 5.92 Å². The summed E-state index contributed by atoms with van der Waals surface area (Å²) in [5, 5.41) is 3.21. The summed E-state index contributed by atoms with van der Waals surface area (Å²) in [5.41, 5.74) is 2.16. The molecule has 1 amide bonds. The van der Waals surface area contributed by atoms with Gasteiger partial charge in [-0.25, -0.2) is 5.84 Å². The highest BCUT2D eigenvalue weighted by molar-refractivity contribution is 5.75. The predicted molar refractivity (Wildman–Crippen MR) is 60.0 cm³/mol. The lowest BCUT2D eigenvalue weighted by molar-refractivity contribution is -0.121. The summed E-state index contributed by atoms with van der Waals surface area (Å²) in [4.78, 5) is 13.3. The Kier molecular flexibility index (Phi) is 5.60. The third-order valence-electron chi connectivity index (χ3n) is 2.91. The van der Waals surface area contributed by atoms with Gasteiger partial charge in [0.15, 0.2) is 0 Å². The molecule has 1 saturated heterocycles. The van der Waals surface area contributed by atoms with Crippen LogP contribution in [0.5, 0.6) is 0 Å². The lowest BCUT2D eigenvalue weighted by Gasteiger charge is -2.32. The van der Waals surface area contributed by atoms with Gasteiger partial charge in [0.25, 0.3) is 0 Å². The molecule has 0 aromatic carbocycles. The SMILES string of the molecule is CNCC1CCCN(CCC(=O)NN)C1. The van der Waals surface area contributed by atoms with Crippen molar-refractivity contribution in [3.8, 4) is 0 Å². The molecule has 15 heavy (non-hydrogen) atoms. The topological polar surface area (TPSA) is 70.4 Å². The highest BCUT2D eigenvalue weighted by Gasteiger charge is 2.19. The van der Waals surface area contributed by atoms with Crippen LogP contribution in [0.4, 0.5) is 0 Å². The number of nitrogens with one attached hydrogen (secondary N) is 2. The first-order chi connectivity index (χ1) is 7.26. The van der Waals surface area contributed by atoms with Gasteiger partial charge in [0.2, 0.25) is 5.91 Å². The smallest absolute Gasteiger partial charge is 0.235 e. The van der Waals surface area contributed by atoms with Gasteiger partial charge in [-0.3, -0.25) is 10.2 Å². The molecule has 1 atom stereocenters. The van der Waals surface area contributed by atoms with Crippen molar-refractivity contribution < 1.29 is 4.79 Å². The molecule has 0 aromatic rings. The molecule has 1 heterocycles. The van der Waals surface area contributed by atoms with Crippen LogP contribution >= 0.6 is 0 Å². The lowest BCUT2D eigenvalue weighted by Crippen LogP contribution is -2.41. The van der Waals surface area contributed by atoms with E-state index in [1.807, 2.05) is 7.05 Å². The van der Waals surface area contributed by atoms with E-state index in [1.54, 1.807) is 0 Å². The van der Waals surface area contributed by atoms with Crippen molar-refractivity contribution in [1.82, 2.24) is 15.6 Å². The average Bonchev–Trinajstić information content (AvgIpc) is 2.27. The average molecular weight is 214 g/mol. The zero-order valence-electron chi connectivity index (χ0n) is 9.46. The van der Waals surface area contributed by atoms with E-state index in [-0.39, 0.29) is 5.91 Å². The maximum absolute atomic E-state index is 11.0. The van der Waals surface area contributed by atoms with Crippen molar-refractivity contribution in [2.45, 2.75) is 19.3 Å². The van der Waals surface area contributed by atoms with E-state index in [9.17, 15) is 4.79 Å². The molecule has 4 N–H and O–H groups in total. The van der Waals surface area contributed by atoms with Crippen molar-refractivity contribution in [3.05, 3.63) is 0 Å². The number of nitrogens with two attached hydrogens (primary N) is 1. The largest absolute Gasteiger partial charge is 0.319 e. The molecule has 88 valence electrons. The Labute approximate surface area is 91.3 Å². The van der Waals surface area contributed by atoms with Crippen LogP contribution in [0.3, 0.4) is 0 Å². The van der Waals surface area contributed by atoms with Gasteiger partial charge in [-0.15, -0.1) is 0 Å². The summed E-state index contributed by atoms with van der Waals surface area (Å²) < 4.78 is 0. The van der Waals surface area contributed by atoms with Gasteiger partial charge in [-0.1, -0.05) is 0 Å². The molecule has 1 unspecified atom stereocenters. The molecule has 5 nitrogen and oxygen atoms in total. The Hall–Kier alpha value is -0.650. The summed E-state index contributed by atoms with van der Waals surface area (Å²) in [6.07, 6.45) is 3.03. The molecule has 0 aromatic heterocycles. The minimum Gasteiger partial charge on any atom is -0.319 e. The van der Waals surface area contributed by atoms with Crippen LogP contribution in [-0.2, 0) is 4.79 Å². The summed E-state index contributed by atoms with van der Waals surface area (Å²) in [6, 6.07) is 0. The fourth-order valence-corrected chi connectivity index (χ4v) is 2.14. The number of carbonyl (C=O) groups is 1. The second kappa shape index (κ2) is 6.76. The molecule has 1 aliphatic heterocycles. The van der Waals surface area contributed by atoms with Crippen molar-refractivity contribution in [2.24, 2.45) is 11.8 Å². The van der Waals surface area contributed by atoms with E-state index in [0.29, 0.717) is 6.42 Å². The van der Waals surface area contributed by atoms with Crippen LogP contribution in [0.1, 0.15) is 19.3 Å². The van der Waals surface area contributed by atoms with Crippen molar-refractivity contribution >= 4 is 5.91 Å². The Morgan fingerprint density at radius 2 is 2.40 bits per heavy atom. The Balaban J connectivity index is 2.21. The molecule has 0 bridgehead atoms. The number of rotatable bonds is 5. The normalized spacial score (nSPS) is 22.7. The third kappa shape index (κ3) is 4.59. The minimum absolute atomic E-state index is 0.0780. The Bertz CT molecular complexity index is 196. The lowest BCUT2D eigenvalue weighted by atomic mass is 9.98. The summed E-state index contributed by atoms with van der Waals surface area (Å²) in [5.74, 6) is 5.68. The monoisotopic (exact) mass is 214 g/mol. The third-order valence-corrected chi connectivity index (χ3v) is 2.91. The standard InChI is InChI=1S/C10H22N4O/c1-12-7-9-3-2-5-14(8-9)6-4-10(15)13-11/h9,12H,2-8,11H2,1H3,(H,13,15). The summed E-state index contributed by atoms with van der Waals surface area (Å²) in [7, 11) is 1.99. The quantitative estimate of drug-likeness (QED) is 0.321. The molecule has 1 aliphatic rings. The molecular formula is C10H22N4O. The number of amides is 1. The molecule has 1 fully saturated rings. The highest BCUT2D eigenvalue weighted by Crippen LogP contribution is 2.15. The molecule has 0 radical (unpaired) electrons. The number of piperidine rings is 1. The summed E-state index contributed by atoms with van der Waals surface area (Å²) in [6.45, 7) is 4.10. The van der Waals surface area contributed by atoms with E-state index in [1.165, 1.54) is 12.8 Å². The zero-order chi connectivity index (χ0) is 11.1. The maximum atomic E-state index is 11.0. The number of hydrogen-bond donors (Lipinski definition) is 3. The summed E-state index contributed by atoms with van der Waals surface area (Å²) >= 11 is 0. The Morgan fingerprint density at radius 1 is 1.60 bits per heavy atom. The number of carbonyl (C=O) groups excluding carboxylic acids is 1. The fourth-order valence-electron chi connectivity index (χ4n) is 2.14. The van der Waals surface area contributed by atoms with Gasteiger partial charge in [0, 0.05) is 19.5 Å². The van der Waals surface area contributed by atoms with Gasteiger partial charge in [-0.2, -0.15) is 0 Å². The Morgan fingerprint density at radius 3 is 3.07 bits per heavy atom. The molecule has 0 aliphatic carbocycles. The van der Waals surface area contributed by atoms with Crippen LogP contribution in [0.2, 0.25) is 0 Å². The molecule has 1 rings (SSSR count).